The second-order valence-corrected chi connectivity index (χ2v) is 4.46. The molecule has 0 N–H and O–H groups in total. The van der Waals surface area contributed by atoms with E-state index in [9.17, 15) is 0 Å². The third-order valence-corrected chi connectivity index (χ3v) is 3.00. The Labute approximate surface area is 124 Å². The first-order valence-corrected chi connectivity index (χ1v) is 7.24. The van der Waals surface area contributed by atoms with Crippen LogP contribution in [0, 0.1) is 6.92 Å². The Bertz CT molecular complexity index is 548. The average Bonchev–Trinajstić information content (AvgIpc) is 2.86. The van der Waals surface area contributed by atoms with Crippen molar-refractivity contribution in [2.45, 2.75) is 20.8 Å². The summed E-state index contributed by atoms with van der Waals surface area (Å²) in [5.41, 5.74) is 1.19. The second-order valence-electron chi connectivity index (χ2n) is 4.46. The molecule has 0 amide bonds. The van der Waals surface area contributed by atoms with E-state index in [2.05, 4.69) is 19.9 Å². The molecule has 2 heterocycles. The second kappa shape index (κ2) is 7.90. The van der Waals surface area contributed by atoms with Crippen LogP contribution < -0.4 is 4.90 Å². The topological polar surface area (TPSA) is 73.5 Å². The zero-order chi connectivity index (χ0) is 15.1. The molecule has 0 unspecified atom stereocenters. The summed E-state index contributed by atoms with van der Waals surface area (Å²) in [4.78, 5) is 14.9. The van der Waals surface area contributed by atoms with Crippen molar-refractivity contribution in [1.82, 2.24) is 15.0 Å². The number of hydrogen-bond donors (Lipinski definition) is 0. The number of anilines is 1. The molecule has 0 aliphatic rings. The van der Waals surface area contributed by atoms with Gasteiger partial charge in [0.2, 0.25) is 0 Å². The Hall–Kier alpha value is -1.73. The van der Waals surface area contributed by atoms with Gasteiger partial charge in [-0.3, -0.25) is 0 Å². The number of fused-ring (bicyclic) bond motifs is 1. The molecular formula is C14H22N4O3. The lowest BCUT2D eigenvalue weighted by atomic mass is 10.4. The molecule has 2 aromatic rings. The first-order valence-electron chi connectivity index (χ1n) is 7.24. The lowest BCUT2D eigenvalue weighted by molar-refractivity contribution is 0.141. The van der Waals surface area contributed by atoms with Gasteiger partial charge in [0.1, 0.15) is 6.33 Å². The average molecular weight is 294 g/mol. The molecule has 0 aliphatic carbocycles. The van der Waals surface area contributed by atoms with Crippen molar-refractivity contribution in [3.8, 4) is 0 Å². The van der Waals surface area contributed by atoms with Gasteiger partial charge in [0.05, 0.1) is 13.2 Å². The van der Waals surface area contributed by atoms with Crippen molar-refractivity contribution in [1.29, 1.82) is 0 Å². The molecule has 2 aromatic heterocycles. The summed E-state index contributed by atoms with van der Waals surface area (Å²) in [6, 6.07) is 0. The Morgan fingerprint density at radius 2 is 1.76 bits per heavy atom. The lowest BCUT2D eigenvalue weighted by Gasteiger charge is -2.23. The molecule has 0 saturated heterocycles. The van der Waals surface area contributed by atoms with Crippen LogP contribution in [0.15, 0.2) is 10.7 Å². The number of nitrogens with zero attached hydrogens (tertiary/aromatic N) is 4. The fourth-order valence-electron chi connectivity index (χ4n) is 2.04. The van der Waals surface area contributed by atoms with Crippen LogP contribution in [0.4, 0.5) is 5.82 Å². The van der Waals surface area contributed by atoms with Crippen LogP contribution in [0.3, 0.4) is 0 Å². The third-order valence-electron chi connectivity index (χ3n) is 3.00. The van der Waals surface area contributed by atoms with Crippen LogP contribution in [-0.4, -0.2) is 54.5 Å². The van der Waals surface area contributed by atoms with Crippen LogP contribution in [0.2, 0.25) is 0 Å². The number of oxazole rings is 1. The predicted octanol–water partition coefficient (Wildman–Crippen LogP) is 1.81. The third kappa shape index (κ3) is 4.12. The molecule has 0 aliphatic heterocycles. The fraction of sp³-hybridized carbons (Fsp3) is 0.643. The minimum Gasteiger partial charge on any atom is -0.422 e. The summed E-state index contributed by atoms with van der Waals surface area (Å²) >= 11 is 0. The van der Waals surface area contributed by atoms with Gasteiger partial charge in [-0.1, -0.05) is 0 Å². The Morgan fingerprint density at radius 3 is 2.38 bits per heavy atom. The maximum absolute atomic E-state index is 5.46. The molecule has 0 radical (unpaired) electrons. The smallest absolute Gasteiger partial charge is 0.252 e. The fourth-order valence-corrected chi connectivity index (χ4v) is 2.04. The molecule has 0 saturated carbocycles. The molecule has 0 bridgehead atoms. The van der Waals surface area contributed by atoms with E-state index in [1.54, 1.807) is 6.92 Å². The van der Waals surface area contributed by atoms with Gasteiger partial charge in [-0.2, -0.15) is 4.98 Å². The first kappa shape index (κ1) is 15.7. The molecule has 21 heavy (non-hydrogen) atoms. The van der Waals surface area contributed by atoms with Crippen molar-refractivity contribution in [3.63, 3.8) is 0 Å². The Kier molecular flexibility index (Phi) is 5.89. The number of hydrogen-bond acceptors (Lipinski definition) is 7. The van der Waals surface area contributed by atoms with Gasteiger partial charge in [-0.15, -0.1) is 0 Å². The molecule has 0 fully saturated rings. The SMILES string of the molecule is CCOCCN(CCOCC)c1ncnc2oc(C)nc12. The zero-order valence-electron chi connectivity index (χ0n) is 12.8. The van der Waals surface area contributed by atoms with E-state index >= 15 is 0 Å². The predicted molar refractivity (Wildman–Crippen MR) is 79.5 cm³/mol. The highest BCUT2D eigenvalue weighted by atomic mass is 16.5. The van der Waals surface area contributed by atoms with Gasteiger partial charge in [0, 0.05) is 33.2 Å². The summed E-state index contributed by atoms with van der Waals surface area (Å²) in [5, 5.41) is 0. The Balaban J connectivity index is 2.19. The summed E-state index contributed by atoms with van der Waals surface area (Å²) in [6.45, 7) is 9.86. The molecule has 0 atom stereocenters. The van der Waals surface area contributed by atoms with E-state index in [1.165, 1.54) is 6.33 Å². The van der Waals surface area contributed by atoms with Gasteiger partial charge in [-0.25, -0.2) is 9.97 Å². The quantitative estimate of drug-likeness (QED) is 0.653. The molecular weight excluding hydrogens is 272 g/mol. The summed E-state index contributed by atoms with van der Waals surface area (Å²) in [7, 11) is 0. The van der Waals surface area contributed by atoms with E-state index in [1.807, 2.05) is 13.8 Å². The monoisotopic (exact) mass is 294 g/mol. The molecule has 7 nitrogen and oxygen atoms in total. The first-order chi connectivity index (χ1) is 10.3. The minimum absolute atomic E-state index is 0.510. The minimum atomic E-state index is 0.510. The van der Waals surface area contributed by atoms with E-state index < -0.39 is 0 Å². The van der Waals surface area contributed by atoms with E-state index in [0.29, 0.717) is 43.5 Å². The number of aromatic nitrogens is 3. The van der Waals surface area contributed by atoms with Crippen LogP contribution in [0.25, 0.3) is 11.2 Å². The van der Waals surface area contributed by atoms with Crippen molar-refractivity contribution >= 4 is 17.0 Å². The largest absolute Gasteiger partial charge is 0.422 e. The summed E-state index contributed by atoms with van der Waals surface area (Å²) in [6.07, 6.45) is 1.50. The maximum Gasteiger partial charge on any atom is 0.252 e. The maximum atomic E-state index is 5.46. The van der Waals surface area contributed by atoms with Crippen LogP contribution >= 0.6 is 0 Å². The van der Waals surface area contributed by atoms with Gasteiger partial charge in [0.15, 0.2) is 17.2 Å². The summed E-state index contributed by atoms with van der Waals surface area (Å²) < 4.78 is 16.3. The van der Waals surface area contributed by atoms with Gasteiger partial charge >= 0.3 is 0 Å². The van der Waals surface area contributed by atoms with E-state index in [-0.39, 0.29) is 0 Å². The molecule has 0 spiro atoms. The van der Waals surface area contributed by atoms with Gasteiger partial charge in [-0.05, 0) is 13.8 Å². The van der Waals surface area contributed by atoms with E-state index in [4.69, 9.17) is 13.9 Å². The lowest BCUT2D eigenvalue weighted by Crippen LogP contribution is -2.32. The highest BCUT2D eigenvalue weighted by Crippen LogP contribution is 2.22. The van der Waals surface area contributed by atoms with Crippen molar-refractivity contribution < 1.29 is 13.9 Å². The van der Waals surface area contributed by atoms with E-state index in [0.717, 1.165) is 18.9 Å². The molecule has 7 heteroatoms. The highest BCUT2D eigenvalue weighted by molar-refractivity contribution is 5.81. The summed E-state index contributed by atoms with van der Waals surface area (Å²) in [5.74, 6) is 1.34. The normalized spacial score (nSPS) is 11.2. The number of aryl methyl sites for hydroxylation is 1. The number of rotatable bonds is 9. The van der Waals surface area contributed by atoms with Crippen LogP contribution in [-0.2, 0) is 9.47 Å². The molecule has 116 valence electrons. The molecule has 0 aromatic carbocycles. The van der Waals surface area contributed by atoms with Gasteiger partial charge in [0.25, 0.3) is 5.71 Å². The standard InChI is InChI=1S/C14H22N4O3/c1-4-19-8-6-18(7-9-20-5-2)13-12-14(16-10-15-13)21-11(3)17-12/h10H,4-9H2,1-3H3. The van der Waals surface area contributed by atoms with Crippen molar-refractivity contribution in [2.75, 3.05) is 44.4 Å². The number of ether oxygens (including phenoxy) is 2. The highest BCUT2D eigenvalue weighted by Gasteiger charge is 2.16. The van der Waals surface area contributed by atoms with Crippen molar-refractivity contribution in [2.24, 2.45) is 0 Å². The van der Waals surface area contributed by atoms with Gasteiger partial charge < -0.3 is 18.8 Å². The zero-order valence-corrected chi connectivity index (χ0v) is 12.8. The molecule has 2 rings (SSSR count). The van der Waals surface area contributed by atoms with Crippen LogP contribution in [0.1, 0.15) is 19.7 Å². The van der Waals surface area contributed by atoms with Crippen LogP contribution in [0.5, 0.6) is 0 Å². The van der Waals surface area contributed by atoms with Crippen molar-refractivity contribution in [3.05, 3.63) is 12.2 Å². The Morgan fingerprint density at radius 1 is 1.10 bits per heavy atom.